The number of nitrogen functional groups attached to an aromatic ring is 1. The molecule has 1 heterocycles. The van der Waals surface area contributed by atoms with E-state index in [1.165, 1.54) is 0 Å². The zero-order valence-electron chi connectivity index (χ0n) is 11.7. The van der Waals surface area contributed by atoms with Gasteiger partial charge in [0.2, 0.25) is 0 Å². The van der Waals surface area contributed by atoms with Crippen molar-refractivity contribution in [2.45, 2.75) is 26.7 Å². The van der Waals surface area contributed by atoms with Crippen LogP contribution in [-0.2, 0) is 6.42 Å². The third kappa shape index (κ3) is 4.12. The fourth-order valence-electron chi connectivity index (χ4n) is 1.61. The summed E-state index contributed by atoms with van der Waals surface area (Å²) < 4.78 is 0. The molecule has 0 fully saturated rings. The molecule has 1 rings (SSSR count). The Morgan fingerprint density at radius 1 is 1.22 bits per heavy atom. The number of hydrogen-bond donors (Lipinski definition) is 3. The first-order valence-corrected chi connectivity index (χ1v) is 6.31. The van der Waals surface area contributed by atoms with Crippen LogP contribution in [0.1, 0.15) is 24.7 Å². The third-order valence-corrected chi connectivity index (χ3v) is 2.65. The Morgan fingerprint density at radius 2 is 1.89 bits per heavy atom. The Balaban J connectivity index is 2.83. The lowest BCUT2D eigenvalue weighted by atomic mass is 10.2. The highest BCUT2D eigenvalue weighted by Gasteiger charge is 2.09. The number of hydrazine groups is 1. The minimum absolute atomic E-state index is 0.695. The highest BCUT2D eigenvalue weighted by molar-refractivity contribution is 5.56. The Hall–Kier alpha value is -1.40. The zero-order chi connectivity index (χ0) is 13.5. The maximum absolute atomic E-state index is 5.49. The molecule has 0 aromatic carbocycles. The van der Waals surface area contributed by atoms with E-state index in [9.17, 15) is 0 Å². The van der Waals surface area contributed by atoms with Crippen molar-refractivity contribution in [3.05, 3.63) is 11.4 Å². The normalized spacial score (nSPS) is 10.8. The number of nitrogens with one attached hydrogen (secondary N) is 2. The van der Waals surface area contributed by atoms with Crippen LogP contribution in [0.2, 0.25) is 0 Å². The highest BCUT2D eigenvalue weighted by Crippen LogP contribution is 2.19. The predicted molar refractivity (Wildman–Crippen MR) is 75.6 cm³/mol. The van der Waals surface area contributed by atoms with E-state index in [1.54, 1.807) is 0 Å². The van der Waals surface area contributed by atoms with Crippen LogP contribution >= 0.6 is 0 Å². The first-order valence-electron chi connectivity index (χ1n) is 6.31. The first-order chi connectivity index (χ1) is 8.58. The van der Waals surface area contributed by atoms with E-state index in [0.29, 0.717) is 5.82 Å². The molecule has 0 saturated heterocycles. The SMILES string of the molecule is CCCc1nc(NN)c(C)c(NCCN(C)C)n1. The van der Waals surface area contributed by atoms with Gasteiger partial charge in [-0.2, -0.15) is 0 Å². The molecule has 0 saturated carbocycles. The number of nitrogens with two attached hydrogens (primary N) is 1. The molecule has 0 radical (unpaired) electrons. The van der Waals surface area contributed by atoms with Gasteiger partial charge < -0.3 is 15.6 Å². The standard InChI is InChI=1S/C12H24N6/c1-5-6-10-15-11(14-7-8-18(3)4)9(2)12(16-10)17-13/h5-8,13H2,1-4H3,(H2,14,15,16,17). The molecule has 0 aliphatic rings. The number of rotatable bonds is 7. The molecule has 0 amide bonds. The molecule has 0 aliphatic heterocycles. The predicted octanol–water partition coefficient (Wildman–Crippen LogP) is 0.997. The molecule has 0 atom stereocenters. The number of nitrogens with zero attached hydrogens (tertiary/aromatic N) is 3. The summed E-state index contributed by atoms with van der Waals surface area (Å²) in [7, 11) is 4.09. The van der Waals surface area contributed by atoms with E-state index >= 15 is 0 Å². The Kier molecular flexibility index (Phi) is 5.80. The maximum atomic E-state index is 5.49. The first kappa shape index (κ1) is 14.7. The summed E-state index contributed by atoms with van der Waals surface area (Å²) in [5.41, 5.74) is 3.59. The highest BCUT2D eigenvalue weighted by atomic mass is 15.3. The Bertz CT molecular complexity index is 377. The van der Waals surface area contributed by atoms with E-state index < -0.39 is 0 Å². The molecule has 18 heavy (non-hydrogen) atoms. The summed E-state index contributed by atoms with van der Waals surface area (Å²) in [6.07, 6.45) is 1.88. The van der Waals surface area contributed by atoms with Crippen LogP contribution < -0.4 is 16.6 Å². The van der Waals surface area contributed by atoms with Gasteiger partial charge >= 0.3 is 0 Å². The summed E-state index contributed by atoms with van der Waals surface area (Å²) in [5.74, 6) is 7.87. The van der Waals surface area contributed by atoms with Gasteiger partial charge in [-0.1, -0.05) is 6.92 Å². The van der Waals surface area contributed by atoms with Crippen LogP contribution in [0.15, 0.2) is 0 Å². The topological polar surface area (TPSA) is 79.1 Å². The van der Waals surface area contributed by atoms with Crippen molar-refractivity contribution in [3.63, 3.8) is 0 Å². The van der Waals surface area contributed by atoms with Gasteiger partial charge in [0.05, 0.1) is 0 Å². The lowest BCUT2D eigenvalue weighted by Crippen LogP contribution is -2.22. The van der Waals surface area contributed by atoms with Gasteiger partial charge in [-0.3, -0.25) is 0 Å². The van der Waals surface area contributed by atoms with Gasteiger partial charge in [-0.15, -0.1) is 0 Å². The summed E-state index contributed by atoms with van der Waals surface area (Å²) in [6.45, 7) is 5.87. The van der Waals surface area contributed by atoms with Gasteiger partial charge in [0.1, 0.15) is 17.5 Å². The van der Waals surface area contributed by atoms with Crippen LogP contribution in [0.3, 0.4) is 0 Å². The smallest absolute Gasteiger partial charge is 0.148 e. The number of likely N-dealkylation sites (N-methyl/N-ethyl adjacent to an activating group) is 1. The van der Waals surface area contributed by atoms with E-state index in [4.69, 9.17) is 5.84 Å². The molecule has 0 unspecified atom stereocenters. The molecular formula is C12H24N6. The van der Waals surface area contributed by atoms with E-state index in [-0.39, 0.29) is 0 Å². The second kappa shape index (κ2) is 7.13. The van der Waals surface area contributed by atoms with Gasteiger partial charge in [-0.05, 0) is 27.4 Å². The summed E-state index contributed by atoms with van der Waals surface area (Å²) in [5, 5.41) is 3.33. The van der Waals surface area contributed by atoms with E-state index in [0.717, 1.165) is 43.1 Å². The minimum Gasteiger partial charge on any atom is -0.368 e. The number of aryl methyl sites for hydroxylation is 1. The minimum atomic E-state index is 0.695. The molecule has 1 aromatic rings. The second-order valence-electron chi connectivity index (χ2n) is 4.59. The van der Waals surface area contributed by atoms with Crippen LogP contribution in [0.25, 0.3) is 0 Å². The van der Waals surface area contributed by atoms with Crippen molar-refractivity contribution < 1.29 is 0 Å². The average Bonchev–Trinajstić information content (AvgIpc) is 2.32. The van der Waals surface area contributed by atoms with Crippen molar-refractivity contribution >= 4 is 11.6 Å². The summed E-state index contributed by atoms with van der Waals surface area (Å²) in [6, 6.07) is 0. The number of aromatic nitrogens is 2. The van der Waals surface area contributed by atoms with Gasteiger partial charge in [0, 0.05) is 25.1 Å². The van der Waals surface area contributed by atoms with Gasteiger partial charge in [0.25, 0.3) is 0 Å². The van der Waals surface area contributed by atoms with Crippen molar-refractivity contribution in [3.8, 4) is 0 Å². The molecule has 102 valence electrons. The van der Waals surface area contributed by atoms with Crippen LogP contribution in [-0.4, -0.2) is 42.1 Å². The average molecular weight is 252 g/mol. The number of anilines is 2. The molecule has 6 heteroatoms. The molecule has 0 aliphatic carbocycles. The van der Waals surface area contributed by atoms with Crippen molar-refractivity contribution in [1.82, 2.24) is 14.9 Å². The summed E-state index contributed by atoms with van der Waals surface area (Å²) in [4.78, 5) is 11.0. The molecule has 1 aromatic heterocycles. The lowest BCUT2D eigenvalue weighted by Gasteiger charge is -2.15. The van der Waals surface area contributed by atoms with E-state index in [1.807, 2.05) is 21.0 Å². The van der Waals surface area contributed by atoms with Gasteiger partial charge in [0.15, 0.2) is 0 Å². The molecule has 0 spiro atoms. The molecule has 4 N–H and O–H groups in total. The monoisotopic (exact) mass is 252 g/mol. The van der Waals surface area contributed by atoms with Crippen molar-refractivity contribution in [1.29, 1.82) is 0 Å². The molecular weight excluding hydrogens is 228 g/mol. The van der Waals surface area contributed by atoms with Crippen LogP contribution in [0.5, 0.6) is 0 Å². The number of hydrogen-bond acceptors (Lipinski definition) is 6. The van der Waals surface area contributed by atoms with E-state index in [2.05, 4.69) is 32.5 Å². The van der Waals surface area contributed by atoms with Crippen LogP contribution in [0, 0.1) is 6.92 Å². The van der Waals surface area contributed by atoms with Gasteiger partial charge in [-0.25, -0.2) is 15.8 Å². The molecule has 0 bridgehead atoms. The fraction of sp³-hybridized carbons (Fsp3) is 0.667. The fourth-order valence-corrected chi connectivity index (χ4v) is 1.61. The van der Waals surface area contributed by atoms with Crippen molar-refractivity contribution in [2.75, 3.05) is 37.9 Å². The molecule has 6 nitrogen and oxygen atoms in total. The third-order valence-electron chi connectivity index (χ3n) is 2.65. The zero-order valence-corrected chi connectivity index (χ0v) is 11.7. The second-order valence-corrected chi connectivity index (χ2v) is 4.59. The Morgan fingerprint density at radius 3 is 2.44 bits per heavy atom. The lowest BCUT2D eigenvalue weighted by molar-refractivity contribution is 0.425. The largest absolute Gasteiger partial charge is 0.368 e. The van der Waals surface area contributed by atoms with Crippen LogP contribution in [0.4, 0.5) is 11.6 Å². The maximum Gasteiger partial charge on any atom is 0.148 e. The quantitative estimate of drug-likeness (QED) is 0.496. The summed E-state index contributed by atoms with van der Waals surface area (Å²) >= 11 is 0. The Labute approximate surface area is 109 Å². The van der Waals surface area contributed by atoms with Crippen molar-refractivity contribution in [2.24, 2.45) is 5.84 Å².